The lowest BCUT2D eigenvalue weighted by Gasteiger charge is -2.06. The summed E-state index contributed by atoms with van der Waals surface area (Å²) in [6, 6.07) is 22.8. The van der Waals surface area contributed by atoms with Crippen molar-refractivity contribution >= 4 is 38.6 Å². The molecule has 4 rings (SSSR count). The van der Waals surface area contributed by atoms with Gasteiger partial charge in [-0.25, -0.2) is 4.98 Å². The number of halogens is 1. The minimum Gasteiger partial charge on any atom is -0.338 e. The van der Waals surface area contributed by atoms with Gasteiger partial charge in [0.25, 0.3) is 5.91 Å². The third-order valence-corrected chi connectivity index (χ3v) is 4.44. The van der Waals surface area contributed by atoms with Crippen LogP contribution in [0, 0.1) is 0 Å². The Kier molecular flexibility index (Phi) is 4.07. The van der Waals surface area contributed by atoms with E-state index in [4.69, 9.17) is 0 Å². The molecule has 2 N–H and O–H groups in total. The van der Waals surface area contributed by atoms with Crippen LogP contribution in [0.5, 0.6) is 0 Å². The third kappa shape index (κ3) is 3.32. The molecule has 0 spiro atoms. The van der Waals surface area contributed by atoms with Crippen LogP contribution in [0.25, 0.3) is 22.4 Å². The summed E-state index contributed by atoms with van der Waals surface area (Å²) in [4.78, 5) is 20.2. The molecule has 0 aliphatic rings. The van der Waals surface area contributed by atoms with Crippen molar-refractivity contribution in [2.24, 2.45) is 0 Å². The highest BCUT2D eigenvalue weighted by atomic mass is 79.9. The number of benzene rings is 3. The van der Waals surface area contributed by atoms with Crippen LogP contribution in [0.15, 0.2) is 77.3 Å². The molecule has 0 atom stereocenters. The summed E-state index contributed by atoms with van der Waals surface area (Å²) < 4.78 is 0.973. The molecule has 25 heavy (non-hydrogen) atoms. The first kappa shape index (κ1) is 15.6. The van der Waals surface area contributed by atoms with Crippen LogP contribution in [0.3, 0.4) is 0 Å². The second-order valence-electron chi connectivity index (χ2n) is 5.64. The summed E-state index contributed by atoms with van der Waals surface area (Å²) in [5.74, 6) is 0.652. The van der Waals surface area contributed by atoms with Gasteiger partial charge in [-0.3, -0.25) is 4.79 Å². The van der Waals surface area contributed by atoms with E-state index in [-0.39, 0.29) is 5.91 Å². The lowest BCUT2D eigenvalue weighted by molar-refractivity contribution is 0.102. The van der Waals surface area contributed by atoms with Crippen molar-refractivity contribution in [1.82, 2.24) is 9.97 Å². The Morgan fingerprint density at radius 3 is 2.36 bits per heavy atom. The first-order valence-corrected chi connectivity index (χ1v) is 8.60. The zero-order valence-electron chi connectivity index (χ0n) is 13.2. The highest BCUT2D eigenvalue weighted by Crippen LogP contribution is 2.21. The third-order valence-electron chi connectivity index (χ3n) is 3.91. The Bertz CT molecular complexity index is 1000. The summed E-state index contributed by atoms with van der Waals surface area (Å²) in [5, 5.41) is 2.88. The van der Waals surface area contributed by atoms with E-state index < -0.39 is 0 Å². The number of carbonyl (C=O) groups excluding carboxylic acids is 1. The number of anilines is 1. The molecule has 4 aromatic rings. The number of hydrogen-bond acceptors (Lipinski definition) is 2. The number of nitrogens with zero attached hydrogens (tertiary/aromatic N) is 1. The lowest BCUT2D eigenvalue weighted by atomic mass is 10.1. The molecule has 0 unspecified atom stereocenters. The van der Waals surface area contributed by atoms with E-state index >= 15 is 0 Å². The number of aromatic amines is 1. The maximum atomic E-state index is 12.3. The van der Waals surface area contributed by atoms with Crippen LogP contribution in [0.1, 0.15) is 10.4 Å². The molecule has 3 aromatic carbocycles. The van der Waals surface area contributed by atoms with Gasteiger partial charge >= 0.3 is 0 Å². The normalized spacial score (nSPS) is 10.8. The second-order valence-corrected chi connectivity index (χ2v) is 6.56. The Morgan fingerprint density at radius 2 is 1.64 bits per heavy atom. The second kappa shape index (κ2) is 6.53. The first-order valence-electron chi connectivity index (χ1n) is 7.81. The van der Waals surface area contributed by atoms with Gasteiger partial charge in [-0.15, -0.1) is 0 Å². The number of imidazole rings is 1. The molecular formula is C20H14BrN3O. The lowest BCUT2D eigenvalue weighted by Crippen LogP contribution is -2.11. The van der Waals surface area contributed by atoms with Crippen molar-refractivity contribution in [1.29, 1.82) is 0 Å². The maximum absolute atomic E-state index is 12.3. The van der Waals surface area contributed by atoms with Gasteiger partial charge in [0.15, 0.2) is 0 Å². The summed E-state index contributed by atoms with van der Waals surface area (Å²) in [6.45, 7) is 0. The quantitative estimate of drug-likeness (QED) is 0.501. The van der Waals surface area contributed by atoms with Crippen molar-refractivity contribution in [2.75, 3.05) is 5.32 Å². The van der Waals surface area contributed by atoms with Crippen molar-refractivity contribution in [3.8, 4) is 11.4 Å². The number of amides is 1. The minimum atomic E-state index is -0.140. The van der Waals surface area contributed by atoms with Crippen LogP contribution >= 0.6 is 15.9 Å². The predicted octanol–water partition coefficient (Wildman–Crippen LogP) is 5.24. The number of rotatable bonds is 3. The average Bonchev–Trinajstić information content (AvgIpc) is 3.08. The van der Waals surface area contributed by atoms with Gasteiger partial charge < -0.3 is 10.3 Å². The fourth-order valence-electron chi connectivity index (χ4n) is 2.61. The summed E-state index contributed by atoms with van der Waals surface area (Å²) in [7, 11) is 0. The van der Waals surface area contributed by atoms with E-state index in [1.807, 2.05) is 60.7 Å². The highest BCUT2D eigenvalue weighted by molar-refractivity contribution is 9.10. The molecule has 4 nitrogen and oxygen atoms in total. The Morgan fingerprint density at radius 1 is 0.920 bits per heavy atom. The molecule has 0 aliphatic heterocycles. The SMILES string of the molecule is O=C(Nc1ccc(Br)cc1)c1ccc(-c2nc3ccccc3[nH]2)cc1. The van der Waals surface area contributed by atoms with Crippen LogP contribution < -0.4 is 5.32 Å². The van der Waals surface area contributed by atoms with Gasteiger partial charge in [-0.05, 0) is 48.5 Å². The molecular weight excluding hydrogens is 378 g/mol. The molecule has 0 radical (unpaired) electrons. The number of para-hydroxylation sites is 2. The smallest absolute Gasteiger partial charge is 0.255 e. The van der Waals surface area contributed by atoms with E-state index in [9.17, 15) is 4.79 Å². The Balaban J connectivity index is 1.54. The summed E-state index contributed by atoms with van der Waals surface area (Å²) >= 11 is 3.38. The Labute approximate surface area is 153 Å². The van der Waals surface area contributed by atoms with Gasteiger partial charge in [-0.1, -0.05) is 40.2 Å². The number of fused-ring (bicyclic) bond motifs is 1. The van der Waals surface area contributed by atoms with Crippen molar-refractivity contribution in [3.05, 3.63) is 82.8 Å². The minimum absolute atomic E-state index is 0.140. The van der Waals surface area contributed by atoms with Gasteiger partial charge in [0.1, 0.15) is 5.82 Å². The molecule has 1 heterocycles. The van der Waals surface area contributed by atoms with Crippen molar-refractivity contribution in [3.63, 3.8) is 0 Å². The number of nitrogens with one attached hydrogen (secondary N) is 2. The summed E-state index contributed by atoms with van der Waals surface area (Å²) in [6.07, 6.45) is 0. The zero-order chi connectivity index (χ0) is 17.2. The molecule has 0 saturated heterocycles. The molecule has 1 amide bonds. The average molecular weight is 392 g/mol. The number of hydrogen-bond donors (Lipinski definition) is 2. The topological polar surface area (TPSA) is 57.8 Å². The van der Waals surface area contributed by atoms with Gasteiger partial charge in [0, 0.05) is 21.3 Å². The van der Waals surface area contributed by atoms with Crippen molar-refractivity contribution in [2.45, 2.75) is 0 Å². The molecule has 0 aliphatic carbocycles. The van der Waals surface area contributed by atoms with Gasteiger partial charge in [0.2, 0.25) is 0 Å². The monoisotopic (exact) mass is 391 g/mol. The Hall–Kier alpha value is -2.92. The van der Waals surface area contributed by atoms with Gasteiger partial charge in [-0.2, -0.15) is 0 Å². The molecule has 5 heteroatoms. The largest absolute Gasteiger partial charge is 0.338 e. The standard InChI is InChI=1S/C20H14BrN3O/c21-15-9-11-16(12-10-15)22-20(25)14-7-5-13(6-8-14)19-23-17-3-1-2-4-18(17)24-19/h1-12H,(H,22,25)(H,23,24). The fourth-order valence-corrected chi connectivity index (χ4v) is 2.87. The van der Waals surface area contributed by atoms with Crippen LogP contribution in [-0.4, -0.2) is 15.9 Å². The van der Waals surface area contributed by atoms with E-state index in [1.165, 1.54) is 0 Å². The van der Waals surface area contributed by atoms with Crippen LogP contribution in [0.2, 0.25) is 0 Å². The molecule has 0 bridgehead atoms. The maximum Gasteiger partial charge on any atom is 0.255 e. The van der Waals surface area contributed by atoms with Crippen LogP contribution in [-0.2, 0) is 0 Å². The molecule has 1 aromatic heterocycles. The molecule has 122 valence electrons. The van der Waals surface area contributed by atoms with Crippen molar-refractivity contribution < 1.29 is 4.79 Å². The van der Waals surface area contributed by atoms with E-state index in [0.717, 1.165) is 32.6 Å². The fraction of sp³-hybridized carbons (Fsp3) is 0. The number of carbonyl (C=O) groups is 1. The number of H-pyrrole nitrogens is 1. The summed E-state index contributed by atoms with van der Waals surface area (Å²) in [5.41, 5.74) is 4.22. The molecule has 0 fully saturated rings. The van der Waals surface area contributed by atoms with Gasteiger partial charge in [0.05, 0.1) is 11.0 Å². The highest BCUT2D eigenvalue weighted by Gasteiger charge is 2.08. The predicted molar refractivity (Wildman–Crippen MR) is 104 cm³/mol. The first-order chi connectivity index (χ1) is 12.2. The van der Waals surface area contributed by atoms with E-state index in [1.54, 1.807) is 12.1 Å². The van der Waals surface area contributed by atoms with E-state index in [0.29, 0.717) is 5.56 Å². The van der Waals surface area contributed by atoms with E-state index in [2.05, 4.69) is 31.2 Å². The number of aromatic nitrogens is 2. The molecule has 0 saturated carbocycles. The zero-order valence-corrected chi connectivity index (χ0v) is 14.7. The van der Waals surface area contributed by atoms with Crippen LogP contribution in [0.4, 0.5) is 5.69 Å².